The largest absolute Gasteiger partial charge is 0.260 e. The van der Waals surface area contributed by atoms with Gasteiger partial charge in [0.15, 0.2) is 0 Å². The Morgan fingerprint density at radius 3 is 2.12 bits per heavy atom. The Kier molecular flexibility index (Phi) is 1.94. The van der Waals surface area contributed by atoms with E-state index in [0.717, 1.165) is 6.26 Å². The zero-order valence-corrected chi connectivity index (χ0v) is 5.22. The van der Waals surface area contributed by atoms with E-state index in [4.69, 9.17) is 5.84 Å². The minimum atomic E-state index is -3.37. The number of hydrogen-bond donors (Lipinski definition) is 1. The van der Waals surface area contributed by atoms with E-state index in [0.29, 0.717) is 4.52 Å². The van der Waals surface area contributed by atoms with Crippen LogP contribution >= 0.6 is 0 Å². The molecule has 0 spiro atoms. The maximum absolute atomic E-state index is 10.2. The van der Waals surface area contributed by atoms with Crippen molar-refractivity contribution in [3.05, 3.63) is 0 Å². The topological polar surface area (TPSA) is 75.8 Å². The summed E-state index contributed by atoms with van der Waals surface area (Å²) in [4.78, 5) is 0. The fourth-order valence-electron chi connectivity index (χ4n) is 0.105. The van der Waals surface area contributed by atoms with Gasteiger partial charge in [0.05, 0.1) is 6.26 Å². The second-order valence-corrected chi connectivity index (χ2v) is 3.02. The van der Waals surface area contributed by atoms with Gasteiger partial charge in [0.2, 0.25) is 0 Å². The molecule has 0 aromatic rings. The third kappa shape index (κ3) is 1.90. The zero-order valence-electron chi connectivity index (χ0n) is 4.40. The Morgan fingerprint density at radius 1 is 1.75 bits per heavy atom. The maximum Gasteiger partial charge on any atom is 0.260 e. The Balaban J connectivity index is 4.26. The van der Waals surface area contributed by atoms with Crippen LogP contribution in [-0.4, -0.2) is 25.9 Å². The lowest BCUT2D eigenvalue weighted by Crippen LogP contribution is -2.30. The summed E-state index contributed by atoms with van der Waals surface area (Å²) in [6.45, 7) is 2.90. The summed E-state index contributed by atoms with van der Waals surface area (Å²) in [5.74, 6) is 4.77. The molecule has 0 bridgehead atoms. The van der Waals surface area contributed by atoms with Gasteiger partial charge in [0.25, 0.3) is 10.0 Å². The Bertz CT molecular complexity index is 172. The van der Waals surface area contributed by atoms with E-state index in [1.807, 2.05) is 0 Å². The summed E-state index contributed by atoms with van der Waals surface area (Å²) in [5.41, 5.74) is 0. The van der Waals surface area contributed by atoms with E-state index in [1.54, 1.807) is 0 Å². The molecule has 0 amide bonds. The van der Waals surface area contributed by atoms with Crippen molar-refractivity contribution in [3.8, 4) is 0 Å². The van der Waals surface area contributed by atoms with Crippen LogP contribution in [0.1, 0.15) is 0 Å². The molecular weight excluding hydrogens is 130 g/mol. The van der Waals surface area contributed by atoms with E-state index in [9.17, 15) is 8.42 Å². The lowest BCUT2D eigenvalue weighted by atomic mass is 11.7. The molecular formula is C2H7N3O2S. The first-order valence-corrected chi connectivity index (χ1v) is 3.55. The van der Waals surface area contributed by atoms with Crippen molar-refractivity contribution in [2.75, 3.05) is 6.26 Å². The SMILES string of the molecule is C=NN(N)S(C)(=O)=O. The number of rotatable bonds is 2. The summed E-state index contributed by atoms with van der Waals surface area (Å²) in [6, 6.07) is 0. The Hall–Kier alpha value is -0.620. The monoisotopic (exact) mass is 137 g/mol. The smallest absolute Gasteiger partial charge is 0.216 e. The summed E-state index contributed by atoms with van der Waals surface area (Å²) in [5, 5.41) is 2.93. The molecule has 0 aliphatic heterocycles. The van der Waals surface area contributed by atoms with Crippen LogP contribution in [0.4, 0.5) is 0 Å². The van der Waals surface area contributed by atoms with E-state index in [2.05, 4.69) is 11.8 Å². The predicted molar refractivity (Wildman–Crippen MR) is 30.4 cm³/mol. The quantitative estimate of drug-likeness (QED) is 0.293. The van der Waals surface area contributed by atoms with Gasteiger partial charge in [-0.3, -0.25) is 0 Å². The van der Waals surface area contributed by atoms with Gasteiger partial charge < -0.3 is 0 Å². The molecule has 0 rings (SSSR count). The molecule has 6 heteroatoms. The van der Waals surface area contributed by atoms with Crippen LogP contribution < -0.4 is 5.84 Å². The highest BCUT2D eigenvalue weighted by Gasteiger charge is 2.04. The maximum atomic E-state index is 10.2. The van der Waals surface area contributed by atoms with Crippen LogP contribution in [0, 0.1) is 0 Å². The molecule has 0 unspecified atom stereocenters. The van der Waals surface area contributed by atoms with E-state index in [-0.39, 0.29) is 0 Å². The lowest BCUT2D eigenvalue weighted by Gasteiger charge is -2.05. The molecule has 0 heterocycles. The molecule has 0 fully saturated rings. The summed E-state index contributed by atoms with van der Waals surface area (Å²) in [7, 11) is -3.37. The van der Waals surface area contributed by atoms with Crippen molar-refractivity contribution in [1.29, 1.82) is 0 Å². The number of nitrogens with two attached hydrogens (primary N) is 1. The molecule has 2 N–H and O–H groups in total. The highest BCUT2D eigenvalue weighted by atomic mass is 32.2. The fraction of sp³-hybridized carbons (Fsp3) is 0.500. The molecule has 8 heavy (non-hydrogen) atoms. The van der Waals surface area contributed by atoms with Crippen molar-refractivity contribution in [1.82, 2.24) is 4.52 Å². The van der Waals surface area contributed by atoms with Crippen molar-refractivity contribution in [3.63, 3.8) is 0 Å². The molecule has 0 aromatic carbocycles. The third-order valence-electron chi connectivity index (χ3n) is 0.479. The first-order chi connectivity index (χ1) is 3.48. The fourth-order valence-corrected chi connectivity index (χ4v) is 0.315. The van der Waals surface area contributed by atoms with Gasteiger partial charge in [0.1, 0.15) is 0 Å². The first kappa shape index (κ1) is 7.38. The second kappa shape index (κ2) is 2.10. The molecule has 0 aromatic heterocycles. The van der Waals surface area contributed by atoms with E-state index < -0.39 is 10.0 Å². The molecule has 48 valence electrons. The van der Waals surface area contributed by atoms with Crippen molar-refractivity contribution < 1.29 is 8.42 Å². The van der Waals surface area contributed by atoms with Crippen LogP contribution in [0.2, 0.25) is 0 Å². The molecule has 0 radical (unpaired) electrons. The summed E-state index contributed by atoms with van der Waals surface area (Å²) in [6.07, 6.45) is 0.932. The Morgan fingerprint density at radius 2 is 2.12 bits per heavy atom. The normalized spacial score (nSPS) is 10.8. The van der Waals surface area contributed by atoms with Gasteiger partial charge in [-0.2, -0.15) is 5.10 Å². The van der Waals surface area contributed by atoms with Gasteiger partial charge in [0, 0.05) is 6.72 Å². The minimum absolute atomic E-state index is 0.299. The molecule has 5 nitrogen and oxygen atoms in total. The van der Waals surface area contributed by atoms with Crippen LogP contribution in [0.15, 0.2) is 5.10 Å². The summed E-state index contributed by atoms with van der Waals surface area (Å²) < 4.78 is 20.8. The highest BCUT2D eigenvalue weighted by Crippen LogP contribution is 1.85. The van der Waals surface area contributed by atoms with Crippen LogP contribution in [0.25, 0.3) is 0 Å². The van der Waals surface area contributed by atoms with Crippen LogP contribution in [0.5, 0.6) is 0 Å². The number of hydrogen-bond acceptors (Lipinski definition) is 4. The zero-order chi connectivity index (χ0) is 6.78. The highest BCUT2D eigenvalue weighted by molar-refractivity contribution is 7.88. The molecule has 0 aliphatic rings. The minimum Gasteiger partial charge on any atom is -0.216 e. The molecule has 0 atom stereocenters. The average molecular weight is 137 g/mol. The van der Waals surface area contributed by atoms with Crippen molar-refractivity contribution in [2.45, 2.75) is 0 Å². The van der Waals surface area contributed by atoms with Gasteiger partial charge in [-0.25, -0.2) is 14.3 Å². The number of sulfonamides is 1. The molecule has 0 saturated heterocycles. The first-order valence-electron chi connectivity index (χ1n) is 1.70. The standard InChI is InChI=1S/C2H7N3O2S/c1-4-5(3)8(2,6)7/h1,3H2,2H3. The van der Waals surface area contributed by atoms with E-state index in [1.165, 1.54) is 0 Å². The average Bonchev–Trinajstić information content (AvgIpc) is 1.62. The number of hydrazone groups is 1. The number of nitrogens with zero attached hydrogens (tertiary/aromatic N) is 2. The van der Waals surface area contributed by atoms with E-state index >= 15 is 0 Å². The second-order valence-electron chi connectivity index (χ2n) is 1.18. The molecule has 0 saturated carbocycles. The Labute approximate surface area is 47.8 Å². The van der Waals surface area contributed by atoms with Crippen LogP contribution in [-0.2, 0) is 10.0 Å². The van der Waals surface area contributed by atoms with Crippen molar-refractivity contribution in [2.24, 2.45) is 10.9 Å². The summed E-state index contributed by atoms with van der Waals surface area (Å²) >= 11 is 0. The predicted octanol–water partition coefficient (Wildman–Crippen LogP) is -1.26. The van der Waals surface area contributed by atoms with Gasteiger partial charge in [-0.15, -0.1) is 4.52 Å². The van der Waals surface area contributed by atoms with Gasteiger partial charge >= 0.3 is 0 Å². The van der Waals surface area contributed by atoms with Crippen molar-refractivity contribution >= 4 is 16.7 Å². The van der Waals surface area contributed by atoms with Crippen LogP contribution in [0.3, 0.4) is 0 Å². The third-order valence-corrected chi connectivity index (χ3v) is 1.27. The number of hydrazine groups is 1. The van der Waals surface area contributed by atoms with Gasteiger partial charge in [-0.1, -0.05) is 0 Å². The van der Waals surface area contributed by atoms with Gasteiger partial charge in [-0.05, 0) is 0 Å². The molecule has 0 aliphatic carbocycles. The lowest BCUT2D eigenvalue weighted by molar-refractivity contribution is 0.455.